The molecule has 0 aliphatic carbocycles. The lowest BCUT2D eigenvalue weighted by molar-refractivity contribution is -0.274. The third kappa shape index (κ3) is 6.54. The van der Waals surface area contributed by atoms with Crippen LogP contribution in [0.5, 0.6) is 5.75 Å². The number of carbonyl (C=O) groups excluding carboxylic acids is 1. The van der Waals surface area contributed by atoms with E-state index in [1.54, 1.807) is 40.7 Å². The number of benzene rings is 1. The van der Waals surface area contributed by atoms with Gasteiger partial charge in [-0.1, -0.05) is 12.1 Å². The number of alkyl halides is 3. The molecule has 180 valence electrons. The minimum absolute atomic E-state index is 0.123. The number of hydrogen-bond donors (Lipinski definition) is 0. The molecule has 1 fully saturated rings. The lowest BCUT2D eigenvalue weighted by Crippen LogP contribution is -2.41. The van der Waals surface area contributed by atoms with Gasteiger partial charge in [-0.2, -0.15) is 0 Å². The molecule has 1 aliphatic heterocycles. The fourth-order valence-electron chi connectivity index (χ4n) is 3.01. The molecule has 0 spiro atoms. The highest BCUT2D eigenvalue weighted by atomic mass is 19.4. The van der Waals surface area contributed by atoms with E-state index in [0.717, 1.165) is 0 Å². The standard InChI is InChI=1S/C22H33BF3NO5/c1-14(2)27(18(28)30-19(3,4)5)13-15-10-11-16(12-17(15)29-22(24,25)26)23-31-20(6,7)21(8,9)32-23/h10-12,14H,13H2,1-9H3. The predicted molar refractivity (Wildman–Crippen MR) is 116 cm³/mol. The first-order chi connectivity index (χ1) is 14.3. The van der Waals surface area contributed by atoms with E-state index in [1.165, 1.54) is 17.0 Å². The van der Waals surface area contributed by atoms with Crippen molar-refractivity contribution < 1.29 is 36.7 Å². The van der Waals surface area contributed by atoms with Gasteiger partial charge in [-0.05, 0) is 73.8 Å². The lowest BCUT2D eigenvalue weighted by atomic mass is 9.78. The zero-order valence-electron chi connectivity index (χ0n) is 20.2. The molecule has 1 saturated heterocycles. The highest BCUT2D eigenvalue weighted by molar-refractivity contribution is 6.62. The van der Waals surface area contributed by atoms with Crippen LogP contribution in [0.2, 0.25) is 0 Å². The Morgan fingerprint density at radius 3 is 2.06 bits per heavy atom. The van der Waals surface area contributed by atoms with Crippen molar-refractivity contribution in [1.82, 2.24) is 4.90 Å². The van der Waals surface area contributed by atoms with Crippen LogP contribution in [0.25, 0.3) is 0 Å². The van der Waals surface area contributed by atoms with Gasteiger partial charge in [0.15, 0.2) is 0 Å². The van der Waals surface area contributed by atoms with E-state index < -0.39 is 42.1 Å². The van der Waals surface area contributed by atoms with Gasteiger partial charge in [0.2, 0.25) is 0 Å². The number of amides is 1. The average Bonchev–Trinajstić information content (AvgIpc) is 2.77. The molecule has 0 bridgehead atoms. The van der Waals surface area contributed by atoms with Crippen molar-refractivity contribution in [2.75, 3.05) is 0 Å². The summed E-state index contributed by atoms with van der Waals surface area (Å²) in [5.41, 5.74) is -1.46. The first-order valence-electron chi connectivity index (χ1n) is 10.6. The molecule has 6 nitrogen and oxygen atoms in total. The minimum Gasteiger partial charge on any atom is -0.444 e. The Kier molecular flexibility index (Phi) is 7.22. The van der Waals surface area contributed by atoms with Crippen LogP contribution < -0.4 is 10.2 Å². The van der Waals surface area contributed by atoms with Crippen LogP contribution in [0.4, 0.5) is 18.0 Å². The van der Waals surface area contributed by atoms with Crippen molar-refractivity contribution in [1.29, 1.82) is 0 Å². The van der Waals surface area contributed by atoms with E-state index in [1.807, 2.05) is 27.7 Å². The molecule has 1 amide bonds. The van der Waals surface area contributed by atoms with Crippen LogP contribution in [0.3, 0.4) is 0 Å². The maximum Gasteiger partial charge on any atom is 0.573 e. The number of rotatable bonds is 5. The minimum atomic E-state index is -4.90. The molecular formula is C22H33BF3NO5. The van der Waals surface area contributed by atoms with Crippen molar-refractivity contribution in [2.24, 2.45) is 0 Å². The van der Waals surface area contributed by atoms with Gasteiger partial charge < -0.3 is 23.7 Å². The number of hydrogen-bond acceptors (Lipinski definition) is 5. The molecule has 10 heteroatoms. The van der Waals surface area contributed by atoms with Crippen molar-refractivity contribution in [3.05, 3.63) is 23.8 Å². The Bertz CT molecular complexity index is 818. The zero-order valence-corrected chi connectivity index (χ0v) is 20.2. The third-order valence-corrected chi connectivity index (χ3v) is 5.43. The first kappa shape index (κ1) is 26.3. The Hall–Kier alpha value is -1.94. The molecule has 1 heterocycles. The molecule has 0 aromatic heterocycles. The van der Waals surface area contributed by atoms with Crippen molar-refractivity contribution in [2.45, 2.75) is 98.1 Å². The third-order valence-electron chi connectivity index (χ3n) is 5.43. The fourth-order valence-corrected chi connectivity index (χ4v) is 3.01. The second-order valence-corrected chi connectivity index (χ2v) is 10.2. The Morgan fingerprint density at radius 1 is 1.09 bits per heavy atom. The second-order valence-electron chi connectivity index (χ2n) is 10.2. The van der Waals surface area contributed by atoms with Gasteiger partial charge in [-0.3, -0.25) is 0 Å². The lowest BCUT2D eigenvalue weighted by Gasteiger charge is -2.32. The molecule has 0 N–H and O–H groups in total. The topological polar surface area (TPSA) is 57.2 Å². The zero-order chi connectivity index (χ0) is 24.7. The van der Waals surface area contributed by atoms with Crippen molar-refractivity contribution in [3.63, 3.8) is 0 Å². The van der Waals surface area contributed by atoms with Gasteiger partial charge in [0, 0.05) is 11.6 Å². The predicted octanol–water partition coefficient (Wildman–Crippen LogP) is 5.03. The summed E-state index contributed by atoms with van der Waals surface area (Å²) < 4.78 is 61.1. The fraction of sp³-hybridized carbons (Fsp3) is 0.682. The molecule has 1 aromatic carbocycles. The molecule has 1 aliphatic rings. The number of ether oxygens (including phenoxy) is 2. The molecular weight excluding hydrogens is 426 g/mol. The Balaban J connectivity index is 2.39. The second kappa shape index (κ2) is 8.78. The van der Waals surface area contributed by atoms with E-state index >= 15 is 0 Å². The number of carbonyl (C=O) groups is 1. The first-order valence-corrected chi connectivity index (χ1v) is 10.6. The van der Waals surface area contributed by atoms with Crippen molar-refractivity contribution >= 4 is 18.7 Å². The quantitative estimate of drug-likeness (QED) is 0.579. The smallest absolute Gasteiger partial charge is 0.444 e. The van der Waals surface area contributed by atoms with Gasteiger partial charge in [0.05, 0.1) is 17.7 Å². The van der Waals surface area contributed by atoms with Gasteiger partial charge in [0.1, 0.15) is 11.4 Å². The summed E-state index contributed by atoms with van der Waals surface area (Å²) in [6.45, 7) is 16.0. The van der Waals surface area contributed by atoms with Gasteiger partial charge in [-0.25, -0.2) is 4.79 Å². The van der Waals surface area contributed by atoms with Gasteiger partial charge >= 0.3 is 19.6 Å². The highest BCUT2D eigenvalue weighted by Gasteiger charge is 2.52. The molecule has 0 atom stereocenters. The van der Waals surface area contributed by atoms with Crippen LogP contribution in [0, 0.1) is 0 Å². The molecule has 0 radical (unpaired) electrons. The van der Waals surface area contributed by atoms with E-state index in [0.29, 0.717) is 5.46 Å². The van der Waals surface area contributed by atoms with Gasteiger partial charge in [0.25, 0.3) is 0 Å². The Morgan fingerprint density at radius 2 is 1.62 bits per heavy atom. The van der Waals surface area contributed by atoms with Gasteiger partial charge in [-0.15, -0.1) is 13.2 Å². The maximum atomic E-state index is 13.2. The summed E-state index contributed by atoms with van der Waals surface area (Å²) in [7, 11) is -0.850. The van der Waals surface area contributed by atoms with E-state index in [2.05, 4.69) is 4.74 Å². The summed E-state index contributed by atoms with van der Waals surface area (Å²) in [6, 6.07) is 4.04. The van der Waals surface area contributed by atoms with Crippen LogP contribution in [0.15, 0.2) is 18.2 Å². The summed E-state index contributed by atoms with van der Waals surface area (Å²) in [6.07, 6.45) is -5.53. The van der Waals surface area contributed by atoms with Crippen LogP contribution >= 0.6 is 0 Å². The van der Waals surface area contributed by atoms with Crippen LogP contribution in [-0.4, -0.2) is 47.3 Å². The molecule has 0 saturated carbocycles. The summed E-state index contributed by atoms with van der Waals surface area (Å²) in [5, 5.41) is 0. The molecule has 0 unspecified atom stereocenters. The van der Waals surface area contributed by atoms with Crippen LogP contribution in [0.1, 0.15) is 67.9 Å². The summed E-state index contributed by atoms with van der Waals surface area (Å²) >= 11 is 0. The largest absolute Gasteiger partial charge is 0.573 e. The number of nitrogens with zero attached hydrogens (tertiary/aromatic N) is 1. The molecule has 32 heavy (non-hydrogen) atoms. The molecule has 2 rings (SSSR count). The van der Waals surface area contributed by atoms with E-state index in [-0.39, 0.29) is 18.2 Å². The number of halogens is 3. The SMILES string of the molecule is CC(C)N(Cc1ccc(B2OC(C)(C)C(C)(C)O2)cc1OC(F)(F)F)C(=O)OC(C)(C)C. The highest BCUT2D eigenvalue weighted by Crippen LogP contribution is 2.37. The summed E-state index contributed by atoms with van der Waals surface area (Å²) in [5.74, 6) is -0.418. The average molecular weight is 459 g/mol. The van der Waals surface area contributed by atoms with Crippen molar-refractivity contribution in [3.8, 4) is 5.75 Å². The van der Waals surface area contributed by atoms with Crippen LogP contribution in [-0.2, 0) is 20.6 Å². The van der Waals surface area contributed by atoms with E-state index in [4.69, 9.17) is 14.0 Å². The Labute approximate surface area is 188 Å². The molecule has 1 aromatic rings. The van der Waals surface area contributed by atoms with E-state index in [9.17, 15) is 18.0 Å². The summed E-state index contributed by atoms with van der Waals surface area (Å²) in [4.78, 5) is 14.0. The normalized spacial score (nSPS) is 18.1. The maximum absolute atomic E-state index is 13.2. The monoisotopic (exact) mass is 459 g/mol.